The molecule has 2 saturated heterocycles. The van der Waals surface area contributed by atoms with E-state index in [1.165, 1.54) is 6.42 Å². The Morgan fingerprint density at radius 3 is 2.63 bits per heavy atom. The van der Waals surface area contributed by atoms with Crippen LogP contribution in [0.5, 0.6) is 0 Å². The molecule has 0 amide bonds. The first-order valence-electron chi connectivity index (χ1n) is 7.02. The maximum atomic E-state index is 6.15. The first-order chi connectivity index (χ1) is 9.16. The Morgan fingerprint density at radius 1 is 1.26 bits per heavy atom. The molecule has 106 valence electrons. The lowest BCUT2D eigenvalue weighted by molar-refractivity contribution is 0.0209. The van der Waals surface area contributed by atoms with Crippen molar-refractivity contribution in [1.82, 2.24) is 14.7 Å². The van der Waals surface area contributed by atoms with Crippen LogP contribution in [0.3, 0.4) is 0 Å². The number of anilines is 2. The molecule has 3 rings (SSSR count). The van der Waals surface area contributed by atoms with Gasteiger partial charge in [-0.3, -0.25) is 9.58 Å². The van der Waals surface area contributed by atoms with E-state index in [1.807, 2.05) is 18.7 Å². The zero-order chi connectivity index (χ0) is 13.4. The summed E-state index contributed by atoms with van der Waals surface area (Å²) in [5.41, 5.74) is 7.90. The number of nitrogens with zero attached hydrogens (tertiary/aromatic N) is 4. The molecule has 2 aliphatic rings. The molecule has 2 aliphatic heterocycles. The van der Waals surface area contributed by atoms with Gasteiger partial charge in [0.1, 0.15) is 5.82 Å². The Morgan fingerprint density at radius 2 is 2.00 bits per heavy atom. The Kier molecular flexibility index (Phi) is 3.36. The highest BCUT2D eigenvalue weighted by molar-refractivity contribution is 5.66. The molecule has 0 aliphatic carbocycles. The van der Waals surface area contributed by atoms with Crippen molar-refractivity contribution < 1.29 is 4.74 Å². The van der Waals surface area contributed by atoms with Gasteiger partial charge in [0.25, 0.3) is 0 Å². The van der Waals surface area contributed by atoms with E-state index in [4.69, 9.17) is 10.5 Å². The first kappa shape index (κ1) is 12.7. The smallest absolute Gasteiger partial charge is 0.150 e. The van der Waals surface area contributed by atoms with Gasteiger partial charge in [-0.05, 0) is 13.3 Å². The van der Waals surface area contributed by atoms with Crippen LogP contribution >= 0.6 is 0 Å². The highest BCUT2D eigenvalue weighted by Gasteiger charge is 2.31. The summed E-state index contributed by atoms with van der Waals surface area (Å²) in [6.07, 6.45) is 1.20. The van der Waals surface area contributed by atoms with Gasteiger partial charge in [-0.15, -0.1) is 0 Å². The summed E-state index contributed by atoms with van der Waals surface area (Å²) < 4.78 is 7.33. The molecule has 1 aromatic heterocycles. The third-order valence-electron chi connectivity index (χ3n) is 4.26. The van der Waals surface area contributed by atoms with Gasteiger partial charge in [-0.2, -0.15) is 5.10 Å². The summed E-state index contributed by atoms with van der Waals surface area (Å²) in [4.78, 5) is 4.92. The van der Waals surface area contributed by atoms with Gasteiger partial charge >= 0.3 is 0 Å². The minimum Gasteiger partial charge on any atom is -0.394 e. The topological polar surface area (TPSA) is 59.5 Å². The first-order valence-corrected chi connectivity index (χ1v) is 7.02. The van der Waals surface area contributed by atoms with Gasteiger partial charge in [0, 0.05) is 39.3 Å². The highest BCUT2D eigenvalue weighted by atomic mass is 16.5. The fraction of sp³-hybridized carbons (Fsp3) is 0.769. The average molecular weight is 265 g/mol. The van der Waals surface area contributed by atoms with Gasteiger partial charge in [-0.1, -0.05) is 0 Å². The molecule has 2 fully saturated rings. The molecule has 2 N–H and O–H groups in total. The van der Waals surface area contributed by atoms with E-state index >= 15 is 0 Å². The minimum atomic E-state index is 0.624. The second-order valence-corrected chi connectivity index (χ2v) is 5.48. The van der Waals surface area contributed by atoms with E-state index in [0.717, 1.165) is 56.6 Å². The number of rotatable bonds is 2. The van der Waals surface area contributed by atoms with Crippen LogP contribution in [0.25, 0.3) is 0 Å². The lowest BCUT2D eigenvalue weighted by atomic mass is 10.2. The Hall–Kier alpha value is -1.27. The molecular weight excluding hydrogens is 242 g/mol. The molecule has 0 saturated carbocycles. The maximum Gasteiger partial charge on any atom is 0.150 e. The fourth-order valence-corrected chi connectivity index (χ4v) is 3.21. The van der Waals surface area contributed by atoms with Crippen molar-refractivity contribution in [3.63, 3.8) is 0 Å². The Labute approximate surface area is 114 Å². The molecule has 1 aromatic rings. The molecular formula is C13H23N5O. The number of hydrogen-bond acceptors (Lipinski definition) is 5. The Bertz CT molecular complexity index is 452. The normalized spacial score (nSPS) is 25.2. The monoisotopic (exact) mass is 265 g/mol. The largest absolute Gasteiger partial charge is 0.394 e. The van der Waals surface area contributed by atoms with Crippen molar-refractivity contribution in [3.05, 3.63) is 5.69 Å². The molecule has 0 radical (unpaired) electrons. The van der Waals surface area contributed by atoms with Crippen molar-refractivity contribution in [2.75, 3.05) is 50.0 Å². The van der Waals surface area contributed by atoms with Crippen LogP contribution < -0.4 is 10.6 Å². The summed E-state index contributed by atoms with van der Waals surface area (Å²) in [6, 6.07) is 0.624. The summed E-state index contributed by atoms with van der Waals surface area (Å²) in [6.45, 7) is 7.91. The van der Waals surface area contributed by atoms with Gasteiger partial charge in [0.15, 0.2) is 0 Å². The third kappa shape index (κ3) is 2.30. The van der Waals surface area contributed by atoms with E-state index < -0.39 is 0 Å². The zero-order valence-electron chi connectivity index (χ0n) is 11.8. The van der Waals surface area contributed by atoms with Crippen molar-refractivity contribution in [2.45, 2.75) is 19.4 Å². The van der Waals surface area contributed by atoms with E-state index in [9.17, 15) is 0 Å². The quantitative estimate of drug-likeness (QED) is 0.829. The second-order valence-electron chi connectivity index (χ2n) is 5.48. The molecule has 0 aromatic carbocycles. The molecule has 1 unspecified atom stereocenters. The van der Waals surface area contributed by atoms with Crippen molar-refractivity contribution in [3.8, 4) is 0 Å². The molecule has 6 nitrogen and oxygen atoms in total. The summed E-state index contributed by atoms with van der Waals surface area (Å²) in [5, 5.41) is 4.41. The predicted octanol–water partition coefficient (Wildman–Crippen LogP) is 0.222. The molecule has 0 spiro atoms. The van der Waals surface area contributed by atoms with Gasteiger partial charge in [0.05, 0.1) is 24.6 Å². The van der Waals surface area contributed by atoms with Crippen molar-refractivity contribution in [2.24, 2.45) is 7.05 Å². The van der Waals surface area contributed by atoms with Crippen LogP contribution in [-0.4, -0.2) is 60.1 Å². The summed E-state index contributed by atoms with van der Waals surface area (Å²) in [5.74, 6) is 1.08. The van der Waals surface area contributed by atoms with Crippen LogP contribution in [0.4, 0.5) is 11.5 Å². The van der Waals surface area contributed by atoms with Crippen LogP contribution in [0.2, 0.25) is 0 Å². The lowest BCUT2D eigenvalue weighted by Gasteiger charge is -2.32. The van der Waals surface area contributed by atoms with Gasteiger partial charge in [-0.25, -0.2) is 0 Å². The van der Waals surface area contributed by atoms with Crippen LogP contribution in [0.1, 0.15) is 12.1 Å². The van der Waals surface area contributed by atoms with Crippen molar-refractivity contribution in [1.29, 1.82) is 0 Å². The number of aryl methyl sites for hydroxylation is 2. The van der Waals surface area contributed by atoms with E-state index in [1.54, 1.807) is 0 Å². The number of nitrogens with two attached hydrogens (primary N) is 1. The standard InChI is InChI=1S/C13H23N5O/c1-10-12(14)13(16(2)15-10)18-4-3-11(9-18)17-5-7-19-8-6-17/h11H,3-9,14H2,1-2H3. The van der Waals surface area contributed by atoms with Crippen LogP contribution in [-0.2, 0) is 11.8 Å². The molecule has 0 bridgehead atoms. The minimum absolute atomic E-state index is 0.624. The Balaban J connectivity index is 1.71. The summed E-state index contributed by atoms with van der Waals surface area (Å²) >= 11 is 0. The van der Waals surface area contributed by atoms with E-state index in [0.29, 0.717) is 6.04 Å². The number of morpholine rings is 1. The third-order valence-corrected chi connectivity index (χ3v) is 4.26. The lowest BCUT2D eigenvalue weighted by Crippen LogP contribution is -2.44. The van der Waals surface area contributed by atoms with Gasteiger partial charge in [0.2, 0.25) is 0 Å². The predicted molar refractivity (Wildman–Crippen MR) is 75.4 cm³/mol. The van der Waals surface area contributed by atoms with Crippen LogP contribution in [0.15, 0.2) is 0 Å². The van der Waals surface area contributed by atoms with E-state index in [-0.39, 0.29) is 0 Å². The number of ether oxygens (including phenoxy) is 1. The van der Waals surface area contributed by atoms with Gasteiger partial charge < -0.3 is 15.4 Å². The van der Waals surface area contributed by atoms with Crippen molar-refractivity contribution >= 4 is 11.5 Å². The highest BCUT2D eigenvalue weighted by Crippen LogP contribution is 2.29. The average Bonchev–Trinajstić information content (AvgIpc) is 2.97. The second kappa shape index (κ2) is 5.02. The summed E-state index contributed by atoms with van der Waals surface area (Å²) in [7, 11) is 1.97. The number of nitrogen functional groups attached to an aromatic ring is 1. The molecule has 19 heavy (non-hydrogen) atoms. The molecule has 3 heterocycles. The van der Waals surface area contributed by atoms with Crippen LogP contribution in [0, 0.1) is 6.92 Å². The zero-order valence-corrected chi connectivity index (χ0v) is 11.8. The molecule has 1 atom stereocenters. The fourth-order valence-electron chi connectivity index (χ4n) is 3.21. The van der Waals surface area contributed by atoms with E-state index in [2.05, 4.69) is 14.9 Å². The number of hydrogen-bond donors (Lipinski definition) is 1. The number of aromatic nitrogens is 2. The maximum absolute atomic E-state index is 6.15. The SMILES string of the molecule is Cc1nn(C)c(N2CCC(N3CCOCC3)C2)c1N. The molecule has 6 heteroatoms.